The second-order valence-corrected chi connectivity index (χ2v) is 3.93. The monoisotopic (exact) mass is 178 g/mol. The van der Waals surface area contributed by atoms with Crippen LogP contribution in [-0.2, 0) is 6.42 Å². The van der Waals surface area contributed by atoms with Crippen molar-refractivity contribution in [1.82, 2.24) is 0 Å². The SMILES string of the molecule is Cc1cc(C)c(CC(C)O)c(C)c1. The van der Waals surface area contributed by atoms with Crippen molar-refractivity contribution in [3.05, 3.63) is 34.4 Å². The third-order valence-corrected chi connectivity index (χ3v) is 2.34. The van der Waals surface area contributed by atoms with Crippen LogP contribution in [0.2, 0.25) is 0 Å². The van der Waals surface area contributed by atoms with Crippen LogP contribution in [0.3, 0.4) is 0 Å². The van der Waals surface area contributed by atoms with Crippen molar-refractivity contribution in [2.24, 2.45) is 0 Å². The van der Waals surface area contributed by atoms with Gasteiger partial charge in [0.1, 0.15) is 0 Å². The highest BCUT2D eigenvalue weighted by Crippen LogP contribution is 2.17. The molecular formula is C12H18O. The first-order valence-corrected chi connectivity index (χ1v) is 4.75. The van der Waals surface area contributed by atoms with E-state index in [1.807, 2.05) is 6.92 Å². The highest BCUT2D eigenvalue weighted by atomic mass is 16.3. The number of aliphatic hydroxyl groups is 1. The maximum Gasteiger partial charge on any atom is 0.0552 e. The quantitative estimate of drug-likeness (QED) is 0.738. The summed E-state index contributed by atoms with van der Waals surface area (Å²) in [5.74, 6) is 0. The summed E-state index contributed by atoms with van der Waals surface area (Å²) in [6.45, 7) is 8.15. The Bertz CT molecular complexity index is 277. The molecule has 0 aliphatic rings. The Morgan fingerprint density at radius 2 is 1.62 bits per heavy atom. The Balaban J connectivity index is 3.06. The molecule has 1 atom stereocenters. The fourth-order valence-corrected chi connectivity index (χ4v) is 1.83. The van der Waals surface area contributed by atoms with Crippen LogP contribution >= 0.6 is 0 Å². The van der Waals surface area contributed by atoms with Gasteiger partial charge in [-0.05, 0) is 50.8 Å². The van der Waals surface area contributed by atoms with Gasteiger partial charge in [0.2, 0.25) is 0 Å². The van der Waals surface area contributed by atoms with Crippen LogP contribution in [-0.4, -0.2) is 11.2 Å². The highest BCUT2D eigenvalue weighted by molar-refractivity contribution is 5.37. The number of aliphatic hydroxyl groups excluding tert-OH is 1. The molecule has 1 aromatic carbocycles. The van der Waals surface area contributed by atoms with E-state index in [-0.39, 0.29) is 6.10 Å². The third-order valence-electron chi connectivity index (χ3n) is 2.34. The number of hydrogen-bond acceptors (Lipinski definition) is 1. The number of benzene rings is 1. The molecule has 0 aliphatic heterocycles. The lowest BCUT2D eigenvalue weighted by molar-refractivity contribution is 0.195. The van der Waals surface area contributed by atoms with Crippen molar-refractivity contribution in [2.45, 2.75) is 40.2 Å². The highest BCUT2D eigenvalue weighted by Gasteiger charge is 2.06. The molecule has 0 bridgehead atoms. The largest absolute Gasteiger partial charge is 0.393 e. The Labute approximate surface area is 80.4 Å². The summed E-state index contributed by atoms with van der Waals surface area (Å²) in [6, 6.07) is 4.34. The van der Waals surface area contributed by atoms with Gasteiger partial charge in [0.15, 0.2) is 0 Å². The maximum absolute atomic E-state index is 9.32. The normalized spacial score (nSPS) is 13.0. The summed E-state index contributed by atoms with van der Waals surface area (Å²) in [7, 11) is 0. The molecule has 0 aliphatic carbocycles. The van der Waals surface area contributed by atoms with Gasteiger partial charge >= 0.3 is 0 Å². The van der Waals surface area contributed by atoms with Crippen LogP contribution in [0.1, 0.15) is 29.2 Å². The first kappa shape index (κ1) is 10.3. The van der Waals surface area contributed by atoms with Crippen molar-refractivity contribution in [1.29, 1.82) is 0 Å². The zero-order chi connectivity index (χ0) is 10.0. The van der Waals surface area contributed by atoms with E-state index in [2.05, 4.69) is 32.9 Å². The van der Waals surface area contributed by atoms with Gasteiger partial charge in [-0.25, -0.2) is 0 Å². The van der Waals surface area contributed by atoms with E-state index in [1.165, 1.54) is 22.3 Å². The molecule has 72 valence electrons. The van der Waals surface area contributed by atoms with Crippen molar-refractivity contribution in [3.63, 3.8) is 0 Å². The molecule has 0 fully saturated rings. The molecule has 0 saturated carbocycles. The molecule has 0 spiro atoms. The lowest BCUT2D eigenvalue weighted by Gasteiger charge is -2.12. The smallest absolute Gasteiger partial charge is 0.0552 e. The van der Waals surface area contributed by atoms with Crippen molar-refractivity contribution < 1.29 is 5.11 Å². The predicted octanol–water partition coefficient (Wildman–Crippen LogP) is 2.54. The summed E-state index contributed by atoms with van der Waals surface area (Å²) in [6.07, 6.45) is 0.512. The molecule has 13 heavy (non-hydrogen) atoms. The maximum atomic E-state index is 9.32. The molecule has 1 N–H and O–H groups in total. The topological polar surface area (TPSA) is 20.2 Å². The van der Waals surface area contributed by atoms with E-state index in [9.17, 15) is 5.11 Å². The van der Waals surface area contributed by atoms with Crippen LogP contribution < -0.4 is 0 Å². The zero-order valence-corrected chi connectivity index (χ0v) is 8.89. The van der Waals surface area contributed by atoms with Gasteiger partial charge in [0.05, 0.1) is 6.10 Å². The van der Waals surface area contributed by atoms with Gasteiger partial charge in [0.25, 0.3) is 0 Å². The molecule has 1 nitrogen and oxygen atoms in total. The lowest BCUT2D eigenvalue weighted by atomic mass is 9.96. The zero-order valence-electron chi connectivity index (χ0n) is 8.89. The fourth-order valence-electron chi connectivity index (χ4n) is 1.83. The molecule has 0 saturated heterocycles. The van der Waals surface area contributed by atoms with Gasteiger partial charge < -0.3 is 5.11 Å². The van der Waals surface area contributed by atoms with Gasteiger partial charge in [-0.2, -0.15) is 0 Å². The molecule has 0 heterocycles. The van der Waals surface area contributed by atoms with Crippen LogP contribution in [0.25, 0.3) is 0 Å². The predicted molar refractivity (Wildman–Crippen MR) is 56.0 cm³/mol. The van der Waals surface area contributed by atoms with Crippen LogP contribution in [0.5, 0.6) is 0 Å². The Kier molecular flexibility index (Phi) is 3.10. The Morgan fingerprint density at radius 3 is 2.00 bits per heavy atom. The molecule has 1 rings (SSSR count). The van der Waals surface area contributed by atoms with Crippen LogP contribution in [0, 0.1) is 20.8 Å². The average Bonchev–Trinajstić information content (AvgIpc) is 1.96. The van der Waals surface area contributed by atoms with Crippen molar-refractivity contribution in [2.75, 3.05) is 0 Å². The van der Waals surface area contributed by atoms with Gasteiger partial charge in [-0.15, -0.1) is 0 Å². The van der Waals surface area contributed by atoms with Gasteiger partial charge in [0, 0.05) is 0 Å². The minimum Gasteiger partial charge on any atom is -0.393 e. The standard InChI is InChI=1S/C12H18O/c1-8-5-9(2)12(7-11(4)13)10(3)6-8/h5-6,11,13H,7H2,1-4H3. The van der Waals surface area contributed by atoms with E-state index in [1.54, 1.807) is 0 Å². The summed E-state index contributed by atoms with van der Waals surface area (Å²) in [5, 5.41) is 9.32. The molecule has 0 aromatic heterocycles. The molecule has 1 unspecified atom stereocenters. The molecule has 0 amide bonds. The van der Waals surface area contributed by atoms with Crippen molar-refractivity contribution >= 4 is 0 Å². The van der Waals surface area contributed by atoms with Crippen molar-refractivity contribution in [3.8, 4) is 0 Å². The lowest BCUT2D eigenvalue weighted by Crippen LogP contribution is -2.07. The fraction of sp³-hybridized carbons (Fsp3) is 0.500. The van der Waals surface area contributed by atoms with Crippen LogP contribution in [0.4, 0.5) is 0 Å². The number of hydrogen-bond donors (Lipinski definition) is 1. The van der Waals surface area contributed by atoms with E-state index in [0.29, 0.717) is 0 Å². The first-order valence-electron chi connectivity index (χ1n) is 4.75. The minimum absolute atomic E-state index is 0.250. The second-order valence-electron chi connectivity index (χ2n) is 3.93. The average molecular weight is 178 g/mol. The second kappa shape index (κ2) is 3.93. The summed E-state index contributed by atoms with van der Waals surface area (Å²) >= 11 is 0. The van der Waals surface area contributed by atoms with E-state index in [4.69, 9.17) is 0 Å². The molecule has 1 heteroatoms. The first-order chi connectivity index (χ1) is 6.00. The minimum atomic E-state index is -0.250. The summed E-state index contributed by atoms with van der Waals surface area (Å²) in [5.41, 5.74) is 5.17. The van der Waals surface area contributed by atoms with E-state index < -0.39 is 0 Å². The molecule has 1 aromatic rings. The number of rotatable bonds is 2. The molecular weight excluding hydrogens is 160 g/mol. The van der Waals surface area contributed by atoms with E-state index >= 15 is 0 Å². The summed E-state index contributed by atoms with van der Waals surface area (Å²) < 4.78 is 0. The van der Waals surface area contributed by atoms with E-state index in [0.717, 1.165) is 6.42 Å². The van der Waals surface area contributed by atoms with Gasteiger partial charge in [-0.3, -0.25) is 0 Å². The summed E-state index contributed by atoms with van der Waals surface area (Å²) in [4.78, 5) is 0. The van der Waals surface area contributed by atoms with Gasteiger partial charge in [-0.1, -0.05) is 17.7 Å². The Hall–Kier alpha value is -0.820. The Morgan fingerprint density at radius 1 is 1.15 bits per heavy atom. The number of aryl methyl sites for hydroxylation is 3. The van der Waals surface area contributed by atoms with Crippen LogP contribution in [0.15, 0.2) is 12.1 Å². The third kappa shape index (κ3) is 2.56. The molecule has 0 radical (unpaired) electrons.